The second-order valence-electron chi connectivity index (χ2n) is 4.25. The number of aromatic hydroxyl groups is 1. The highest BCUT2D eigenvalue weighted by Gasteiger charge is 2.14. The summed E-state index contributed by atoms with van der Waals surface area (Å²) in [5.74, 6) is -0.109. The molecule has 2 aromatic heterocycles. The standard InChI is InChI=1S/C13H10ClN3O2/c1-7-5-8-10(6-9(7)14)16-13(19)11(12(8)18)17-4-2-3-15-17/h2-6H,1H3,(H2,16,18,19). The number of fused-ring (bicyclic) bond motifs is 1. The van der Waals surface area contributed by atoms with E-state index in [1.807, 2.05) is 6.92 Å². The maximum absolute atomic E-state index is 12.0. The maximum Gasteiger partial charge on any atom is 0.278 e. The third-order valence-electron chi connectivity index (χ3n) is 2.97. The highest BCUT2D eigenvalue weighted by molar-refractivity contribution is 6.32. The van der Waals surface area contributed by atoms with Crippen molar-refractivity contribution in [2.45, 2.75) is 6.92 Å². The largest absolute Gasteiger partial charge is 0.505 e. The zero-order valence-corrected chi connectivity index (χ0v) is 10.8. The molecule has 0 saturated carbocycles. The number of aromatic nitrogens is 3. The van der Waals surface area contributed by atoms with Crippen molar-refractivity contribution in [3.63, 3.8) is 0 Å². The zero-order valence-electron chi connectivity index (χ0n) is 10.0. The van der Waals surface area contributed by atoms with Gasteiger partial charge in [-0.15, -0.1) is 0 Å². The minimum Gasteiger partial charge on any atom is -0.505 e. The first-order valence-corrected chi connectivity index (χ1v) is 6.01. The van der Waals surface area contributed by atoms with Crippen LogP contribution in [0.15, 0.2) is 35.4 Å². The molecule has 1 aromatic carbocycles. The summed E-state index contributed by atoms with van der Waals surface area (Å²) in [6, 6.07) is 5.03. The molecular formula is C13H10ClN3O2. The van der Waals surface area contributed by atoms with Crippen LogP contribution in [0.25, 0.3) is 16.6 Å². The molecule has 2 heterocycles. The molecule has 0 aliphatic heterocycles. The maximum atomic E-state index is 12.0. The third kappa shape index (κ3) is 1.79. The smallest absolute Gasteiger partial charge is 0.278 e. The van der Waals surface area contributed by atoms with Gasteiger partial charge in [0.25, 0.3) is 5.56 Å². The number of nitrogens with one attached hydrogen (secondary N) is 1. The molecule has 0 aliphatic carbocycles. The molecule has 3 aromatic rings. The van der Waals surface area contributed by atoms with Gasteiger partial charge < -0.3 is 10.1 Å². The van der Waals surface area contributed by atoms with E-state index in [1.54, 1.807) is 24.4 Å². The fourth-order valence-corrected chi connectivity index (χ4v) is 2.17. The normalized spacial score (nSPS) is 11.1. The van der Waals surface area contributed by atoms with Crippen LogP contribution in [0.5, 0.6) is 5.75 Å². The van der Waals surface area contributed by atoms with Crippen LogP contribution in [0.4, 0.5) is 0 Å². The van der Waals surface area contributed by atoms with Gasteiger partial charge in [-0.3, -0.25) is 4.79 Å². The molecule has 0 bridgehead atoms. The number of nitrogens with zero attached hydrogens (tertiary/aromatic N) is 2. The Morgan fingerprint density at radius 2 is 2.21 bits per heavy atom. The van der Waals surface area contributed by atoms with Gasteiger partial charge in [0.1, 0.15) is 0 Å². The topological polar surface area (TPSA) is 70.9 Å². The second kappa shape index (κ2) is 4.13. The lowest BCUT2D eigenvalue weighted by molar-refractivity contribution is 0.475. The van der Waals surface area contributed by atoms with Crippen LogP contribution in [0, 0.1) is 6.92 Å². The summed E-state index contributed by atoms with van der Waals surface area (Å²) in [5.41, 5.74) is 0.991. The Labute approximate surface area is 113 Å². The van der Waals surface area contributed by atoms with Crippen molar-refractivity contribution in [3.05, 3.63) is 51.5 Å². The molecule has 0 amide bonds. The molecule has 96 valence electrons. The van der Waals surface area contributed by atoms with E-state index < -0.39 is 5.56 Å². The number of hydrogen-bond acceptors (Lipinski definition) is 3. The molecular weight excluding hydrogens is 266 g/mol. The molecule has 0 aliphatic rings. The summed E-state index contributed by atoms with van der Waals surface area (Å²) >= 11 is 6.01. The van der Waals surface area contributed by atoms with E-state index in [1.165, 1.54) is 10.9 Å². The Balaban J connectivity index is 2.43. The van der Waals surface area contributed by atoms with Gasteiger partial charge in [0.15, 0.2) is 11.4 Å². The minimum absolute atomic E-state index is 0.0965. The van der Waals surface area contributed by atoms with Gasteiger partial charge in [-0.25, -0.2) is 4.68 Å². The predicted octanol–water partition coefficient (Wildman–Crippen LogP) is 2.38. The van der Waals surface area contributed by atoms with Gasteiger partial charge in [-0.05, 0) is 30.7 Å². The number of aryl methyl sites for hydroxylation is 1. The van der Waals surface area contributed by atoms with Crippen LogP contribution in [0.2, 0.25) is 5.02 Å². The van der Waals surface area contributed by atoms with E-state index in [9.17, 15) is 9.90 Å². The van der Waals surface area contributed by atoms with Gasteiger partial charge in [-0.1, -0.05) is 11.6 Å². The molecule has 0 spiro atoms. The highest BCUT2D eigenvalue weighted by Crippen LogP contribution is 2.30. The van der Waals surface area contributed by atoms with E-state index in [4.69, 9.17) is 11.6 Å². The average Bonchev–Trinajstić information content (AvgIpc) is 2.86. The SMILES string of the molecule is Cc1cc2c(O)c(-n3cccn3)c(=O)[nH]c2cc1Cl. The first kappa shape index (κ1) is 11.8. The van der Waals surface area contributed by atoms with Crippen LogP contribution in [-0.2, 0) is 0 Å². The Kier molecular flexibility index (Phi) is 2.57. The predicted molar refractivity (Wildman–Crippen MR) is 73.1 cm³/mol. The summed E-state index contributed by atoms with van der Waals surface area (Å²) in [7, 11) is 0. The van der Waals surface area contributed by atoms with Gasteiger partial charge >= 0.3 is 0 Å². The number of benzene rings is 1. The number of pyridine rings is 1. The van der Waals surface area contributed by atoms with Crippen LogP contribution in [0.3, 0.4) is 0 Å². The first-order chi connectivity index (χ1) is 9.08. The Bertz CT molecular complexity index is 822. The second-order valence-corrected chi connectivity index (χ2v) is 4.66. The van der Waals surface area contributed by atoms with Crippen molar-refractivity contribution in [1.82, 2.24) is 14.8 Å². The van der Waals surface area contributed by atoms with E-state index in [0.29, 0.717) is 15.9 Å². The van der Waals surface area contributed by atoms with Crippen molar-refractivity contribution in [3.8, 4) is 11.4 Å². The summed E-state index contributed by atoms with van der Waals surface area (Å²) in [6.45, 7) is 1.83. The Morgan fingerprint density at radius 1 is 1.42 bits per heavy atom. The number of aromatic amines is 1. The van der Waals surface area contributed by atoms with Crippen molar-refractivity contribution >= 4 is 22.5 Å². The van der Waals surface area contributed by atoms with E-state index in [2.05, 4.69) is 10.1 Å². The fraction of sp³-hybridized carbons (Fsp3) is 0.0769. The van der Waals surface area contributed by atoms with E-state index in [0.717, 1.165) is 5.56 Å². The summed E-state index contributed by atoms with van der Waals surface area (Å²) < 4.78 is 1.33. The molecule has 0 radical (unpaired) electrons. The van der Waals surface area contributed by atoms with Crippen molar-refractivity contribution in [2.75, 3.05) is 0 Å². The monoisotopic (exact) mass is 275 g/mol. The Morgan fingerprint density at radius 3 is 2.89 bits per heavy atom. The number of halogens is 1. The lowest BCUT2D eigenvalue weighted by Gasteiger charge is -2.09. The van der Waals surface area contributed by atoms with Gasteiger partial charge in [0, 0.05) is 22.8 Å². The summed E-state index contributed by atoms with van der Waals surface area (Å²) in [4.78, 5) is 14.7. The molecule has 2 N–H and O–H groups in total. The molecule has 0 unspecified atom stereocenters. The summed E-state index contributed by atoms with van der Waals surface area (Å²) in [6.07, 6.45) is 3.13. The zero-order chi connectivity index (χ0) is 13.6. The molecule has 0 saturated heterocycles. The molecule has 0 fully saturated rings. The van der Waals surface area contributed by atoms with Crippen LogP contribution in [-0.4, -0.2) is 19.9 Å². The minimum atomic E-state index is -0.423. The molecule has 3 rings (SSSR count). The highest BCUT2D eigenvalue weighted by atomic mass is 35.5. The van der Waals surface area contributed by atoms with Crippen molar-refractivity contribution < 1.29 is 5.11 Å². The van der Waals surface area contributed by atoms with Gasteiger partial charge in [0.2, 0.25) is 0 Å². The van der Waals surface area contributed by atoms with Gasteiger partial charge in [0.05, 0.1) is 5.52 Å². The van der Waals surface area contributed by atoms with Crippen LogP contribution >= 0.6 is 11.6 Å². The van der Waals surface area contributed by atoms with Crippen molar-refractivity contribution in [1.29, 1.82) is 0 Å². The van der Waals surface area contributed by atoms with Crippen molar-refractivity contribution in [2.24, 2.45) is 0 Å². The number of hydrogen-bond donors (Lipinski definition) is 2. The number of H-pyrrole nitrogens is 1. The summed E-state index contributed by atoms with van der Waals surface area (Å²) in [5, 5.41) is 15.3. The number of rotatable bonds is 1. The van der Waals surface area contributed by atoms with Crippen LogP contribution < -0.4 is 5.56 Å². The van der Waals surface area contributed by atoms with Crippen LogP contribution in [0.1, 0.15) is 5.56 Å². The van der Waals surface area contributed by atoms with E-state index >= 15 is 0 Å². The molecule has 6 heteroatoms. The average molecular weight is 276 g/mol. The van der Waals surface area contributed by atoms with Gasteiger partial charge in [-0.2, -0.15) is 5.10 Å². The quantitative estimate of drug-likeness (QED) is 0.716. The Hall–Kier alpha value is -2.27. The molecule has 0 atom stereocenters. The first-order valence-electron chi connectivity index (χ1n) is 5.63. The lowest BCUT2D eigenvalue weighted by Crippen LogP contribution is -2.15. The molecule has 19 heavy (non-hydrogen) atoms. The third-order valence-corrected chi connectivity index (χ3v) is 3.38. The lowest BCUT2D eigenvalue weighted by atomic mass is 10.1. The fourth-order valence-electron chi connectivity index (χ4n) is 2.01. The van der Waals surface area contributed by atoms with E-state index in [-0.39, 0.29) is 11.4 Å². The molecule has 5 nitrogen and oxygen atoms in total.